The summed E-state index contributed by atoms with van der Waals surface area (Å²) in [4.78, 5) is 0. The molecule has 1 saturated carbocycles. The molecule has 0 bridgehead atoms. The minimum atomic E-state index is -3.14. The fourth-order valence-electron chi connectivity index (χ4n) is 2.39. The third-order valence-corrected chi connectivity index (χ3v) is 5.29. The summed E-state index contributed by atoms with van der Waals surface area (Å²) in [6.07, 6.45) is 5.10. The van der Waals surface area contributed by atoms with Gasteiger partial charge < -0.3 is 5.73 Å². The van der Waals surface area contributed by atoms with Gasteiger partial charge in [0.25, 0.3) is 0 Å². The van der Waals surface area contributed by atoms with Gasteiger partial charge in [-0.3, -0.25) is 0 Å². The summed E-state index contributed by atoms with van der Waals surface area (Å²) in [5.41, 5.74) is 5.39. The van der Waals surface area contributed by atoms with Gasteiger partial charge in [0.05, 0.1) is 5.75 Å². The largest absolute Gasteiger partial charge is 0.329 e. The Morgan fingerprint density at radius 3 is 2.25 bits per heavy atom. The van der Waals surface area contributed by atoms with Crippen molar-refractivity contribution in [3.05, 3.63) is 0 Å². The van der Waals surface area contributed by atoms with Gasteiger partial charge in [-0.25, -0.2) is 13.1 Å². The molecule has 0 heterocycles. The van der Waals surface area contributed by atoms with Crippen LogP contribution in [0.25, 0.3) is 0 Å². The molecule has 0 amide bonds. The lowest BCUT2D eigenvalue weighted by Crippen LogP contribution is -2.55. The minimum absolute atomic E-state index is 0.131. The maximum Gasteiger partial charge on any atom is 0.211 e. The number of rotatable bonds is 5. The van der Waals surface area contributed by atoms with Crippen molar-refractivity contribution < 1.29 is 8.42 Å². The second kappa shape index (κ2) is 5.47. The van der Waals surface area contributed by atoms with Crippen LogP contribution in [0.5, 0.6) is 0 Å². The highest BCUT2D eigenvalue weighted by atomic mass is 32.2. The molecule has 0 aliphatic heterocycles. The fourth-order valence-corrected chi connectivity index (χ4v) is 3.48. The van der Waals surface area contributed by atoms with Crippen LogP contribution in [-0.4, -0.2) is 26.3 Å². The number of nitrogens with two attached hydrogens (primary N) is 1. The summed E-state index contributed by atoms with van der Waals surface area (Å²) >= 11 is 0. The Hall–Kier alpha value is -0.130. The SMILES string of the molecule is CCC1CCC(CN)(NS(=O)(=O)CC)CC1. The predicted octanol–water partition coefficient (Wildman–Crippen LogP) is 1.22. The van der Waals surface area contributed by atoms with Crippen molar-refractivity contribution in [1.82, 2.24) is 4.72 Å². The molecule has 0 saturated heterocycles. The van der Waals surface area contributed by atoms with Gasteiger partial charge in [0.2, 0.25) is 10.0 Å². The van der Waals surface area contributed by atoms with Crippen molar-refractivity contribution in [2.75, 3.05) is 12.3 Å². The van der Waals surface area contributed by atoms with Gasteiger partial charge in [-0.2, -0.15) is 0 Å². The van der Waals surface area contributed by atoms with E-state index in [9.17, 15) is 8.42 Å². The number of hydrogen-bond acceptors (Lipinski definition) is 3. The lowest BCUT2D eigenvalue weighted by molar-refractivity contribution is 0.217. The Morgan fingerprint density at radius 2 is 1.88 bits per heavy atom. The molecule has 4 nitrogen and oxygen atoms in total. The Balaban J connectivity index is 2.67. The highest BCUT2D eigenvalue weighted by Gasteiger charge is 2.36. The van der Waals surface area contributed by atoms with E-state index in [0.717, 1.165) is 31.6 Å². The smallest absolute Gasteiger partial charge is 0.211 e. The van der Waals surface area contributed by atoms with E-state index in [2.05, 4.69) is 11.6 Å². The molecule has 5 heteroatoms. The van der Waals surface area contributed by atoms with E-state index in [4.69, 9.17) is 5.73 Å². The Bertz CT molecular complexity index is 306. The first kappa shape index (κ1) is 13.9. The van der Waals surface area contributed by atoms with Crippen LogP contribution >= 0.6 is 0 Å². The maximum absolute atomic E-state index is 11.6. The van der Waals surface area contributed by atoms with Crippen LogP contribution in [0.2, 0.25) is 0 Å². The van der Waals surface area contributed by atoms with Crippen LogP contribution < -0.4 is 10.5 Å². The van der Waals surface area contributed by atoms with Crippen LogP contribution in [0, 0.1) is 5.92 Å². The Morgan fingerprint density at radius 1 is 1.31 bits per heavy atom. The van der Waals surface area contributed by atoms with Gasteiger partial charge >= 0.3 is 0 Å². The zero-order valence-electron chi connectivity index (χ0n) is 10.3. The van der Waals surface area contributed by atoms with Crippen molar-refractivity contribution in [1.29, 1.82) is 0 Å². The minimum Gasteiger partial charge on any atom is -0.329 e. The zero-order chi connectivity index (χ0) is 12.2. The summed E-state index contributed by atoms with van der Waals surface area (Å²) in [6, 6.07) is 0. The van der Waals surface area contributed by atoms with Crippen molar-refractivity contribution in [2.24, 2.45) is 11.7 Å². The average molecular weight is 248 g/mol. The molecule has 3 N–H and O–H groups in total. The van der Waals surface area contributed by atoms with Gasteiger partial charge in [-0.15, -0.1) is 0 Å². The Labute approximate surface area is 99.0 Å². The number of hydrogen-bond donors (Lipinski definition) is 2. The molecule has 0 aromatic carbocycles. The highest BCUT2D eigenvalue weighted by molar-refractivity contribution is 7.89. The predicted molar refractivity (Wildman–Crippen MR) is 66.6 cm³/mol. The summed E-state index contributed by atoms with van der Waals surface area (Å²) in [5.74, 6) is 0.872. The van der Waals surface area contributed by atoms with Crippen molar-refractivity contribution >= 4 is 10.0 Å². The maximum atomic E-state index is 11.6. The van der Waals surface area contributed by atoms with Crippen LogP contribution in [0.1, 0.15) is 46.0 Å². The molecular formula is C11H24N2O2S. The molecule has 96 valence electrons. The second-order valence-corrected chi connectivity index (χ2v) is 6.85. The highest BCUT2D eigenvalue weighted by Crippen LogP contribution is 2.33. The van der Waals surface area contributed by atoms with Gasteiger partial charge in [-0.1, -0.05) is 13.3 Å². The van der Waals surface area contributed by atoms with Gasteiger partial charge in [0.1, 0.15) is 0 Å². The number of nitrogens with one attached hydrogen (secondary N) is 1. The van der Waals surface area contributed by atoms with Gasteiger partial charge in [0, 0.05) is 12.1 Å². The molecule has 16 heavy (non-hydrogen) atoms. The van der Waals surface area contributed by atoms with E-state index in [1.807, 2.05) is 0 Å². The summed E-state index contributed by atoms with van der Waals surface area (Å²) in [5, 5.41) is 0. The molecule has 0 atom stereocenters. The average Bonchev–Trinajstić information content (AvgIpc) is 2.29. The van der Waals surface area contributed by atoms with E-state index < -0.39 is 10.0 Å². The van der Waals surface area contributed by atoms with Gasteiger partial charge in [0.15, 0.2) is 0 Å². The first-order valence-corrected chi connectivity index (χ1v) is 7.84. The molecule has 1 aliphatic rings. The third-order valence-electron chi connectivity index (χ3n) is 3.78. The third kappa shape index (κ3) is 3.43. The van der Waals surface area contributed by atoms with E-state index in [1.54, 1.807) is 6.92 Å². The molecule has 0 radical (unpaired) electrons. The van der Waals surface area contributed by atoms with Crippen molar-refractivity contribution in [3.63, 3.8) is 0 Å². The fraction of sp³-hybridized carbons (Fsp3) is 1.00. The second-order valence-electron chi connectivity index (χ2n) is 4.84. The molecule has 0 spiro atoms. The monoisotopic (exact) mass is 248 g/mol. The summed E-state index contributed by atoms with van der Waals surface area (Å²) in [7, 11) is -3.14. The van der Waals surface area contributed by atoms with Crippen LogP contribution in [0.15, 0.2) is 0 Å². The summed E-state index contributed by atoms with van der Waals surface area (Å²) in [6.45, 7) is 4.25. The molecule has 0 aromatic heterocycles. The quantitative estimate of drug-likeness (QED) is 0.768. The van der Waals surface area contributed by atoms with E-state index in [1.165, 1.54) is 6.42 Å². The molecule has 1 fully saturated rings. The van der Waals surface area contributed by atoms with E-state index >= 15 is 0 Å². The van der Waals surface area contributed by atoms with Gasteiger partial charge in [-0.05, 0) is 38.5 Å². The summed E-state index contributed by atoms with van der Waals surface area (Å²) < 4.78 is 26.0. The van der Waals surface area contributed by atoms with Crippen LogP contribution in [0.3, 0.4) is 0 Å². The standard InChI is InChI=1S/C11H24N2O2S/c1-3-10-5-7-11(9-12,8-6-10)13-16(14,15)4-2/h10,13H,3-9,12H2,1-2H3. The van der Waals surface area contributed by atoms with Crippen molar-refractivity contribution in [3.8, 4) is 0 Å². The molecule has 1 aliphatic carbocycles. The lowest BCUT2D eigenvalue weighted by Gasteiger charge is -2.39. The van der Waals surface area contributed by atoms with E-state index in [0.29, 0.717) is 6.54 Å². The Kier molecular flexibility index (Phi) is 4.76. The van der Waals surface area contributed by atoms with Crippen LogP contribution in [0.4, 0.5) is 0 Å². The first-order valence-electron chi connectivity index (χ1n) is 6.18. The zero-order valence-corrected chi connectivity index (χ0v) is 11.1. The normalized spacial score (nSPS) is 31.6. The molecule has 1 rings (SSSR count). The molecular weight excluding hydrogens is 224 g/mol. The number of sulfonamides is 1. The van der Waals surface area contributed by atoms with Crippen LogP contribution in [-0.2, 0) is 10.0 Å². The topological polar surface area (TPSA) is 72.2 Å². The first-order chi connectivity index (χ1) is 7.47. The molecule has 0 unspecified atom stereocenters. The van der Waals surface area contributed by atoms with E-state index in [-0.39, 0.29) is 11.3 Å². The molecule has 0 aromatic rings. The van der Waals surface area contributed by atoms with Crippen molar-refractivity contribution in [2.45, 2.75) is 51.5 Å². The lowest BCUT2D eigenvalue weighted by atomic mass is 9.76.